The predicted molar refractivity (Wildman–Crippen MR) is 221 cm³/mol. The van der Waals surface area contributed by atoms with Crippen molar-refractivity contribution in [1.82, 2.24) is 4.57 Å². The highest BCUT2D eigenvalue weighted by molar-refractivity contribution is 6.22. The molecule has 0 bridgehead atoms. The van der Waals surface area contributed by atoms with Crippen molar-refractivity contribution < 1.29 is 0 Å². The second kappa shape index (κ2) is 12.6. The third-order valence-electron chi connectivity index (χ3n) is 10.7. The fourth-order valence-electron chi connectivity index (χ4n) is 8.39. The topological polar surface area (TPSA) is 8.17 Å². The van der Waals surface area contributed by atoms with Crippen molar-refractivity contribution in [3.05, 3.63) is 211 Å². The van der Waals surface area contributed by atoms with Crippen LogP contribution in [0.15, 0.2) is 200 Å². The first-order valence-corrected chi connectivity index (χ1v) is 18.1. The van der Waals surface area contributed by atoms with Gasteiger partial charge in [0.1, 0.15) is 0 Å². The zero-order chi connectivity index (χ0) is 34.4. The van der Waals surface area contributed by atoms with Crippen LogP contribution in [-0.2, 0) is 0 Å². The van der Waals surface area contributed by atoms with E-state index in [0.717, 1.165) is 23.5 Å². The number of anilines is 3. The third-order valence-corrected chi connectivity index (χ3v) is 10.7. The summed E-state index contributed by atoms with van der Waals surface area (Å²) in [5.74, 6) is 0.348. The SMILES string of the molecule is C1=CC(c2ccccc2)CC=C1c1c(N(c2ccccc2)c2cccc3c4ccccc4n(-c4ccccc4)c23)c2ccccc2c2ccccc12. The fourth-order valence-corrected chi connectivity index (χ4v) is 8.39. The largest absolute Gasteiger partial charge is 0.307 e. The smallest absolute Gasteiger partial charge is 0.0782 e. The monoisotopic (exact) mass is 664 g/mol. The van der Waals surface area contributed by atoms with E-state index in [1.807, 2.05) is 0 Å². The lowest BCUT2D eigenvalue weighted by atomic mass is 9.84. The summed E-state index contributed by atoms with van der Waals surface area (Å²) in [7, 11) is 0. The minimum atomic E-state index is 0.348. The molecular formula is C50H36N2. The van der Waals surface area contributed by atoms with Crippen molar-refractivity contribution in [3.8, 4) is 5.69 Å². The first-order chi connectivity index (χ1) is 25.8. The molecule has 1 aliphatic rings. The average molecular weight is 665 g/mol. The highest BCUT2D eigenvalue weighted by atomic mass is 15.2. The Morgan fingerprint density at radius 2 is 1.06 bits per heavy atom. The van der Waals surface area contributed by atoms with E-state index in [0.29, 0.717) is 5.92 Å². The Labute approximate surface area is 303 Å². The minimum Gasteiger partial charge on any atom is -0.307 e. The summed E-state index contributed by atoms with van der Waals surface area (Å²) < 4.78 is 2.45. The molecule has 246 valence electrons. The molecule has 1 unspecified atom stereocenters. The Kier molecular flexibility index (Phi) is 7.32. The van der Waals surface area contributed by atoms with Crippen molar-refractivity contribution in [2.24, 2.45) is 0 Å². The molecule has 0 fully saturated rings. The number of nitrogens with zero attached hydrogens (tertiary/aromatic N) is 2. The lowest BCUT2D eigenvalue weighted by Gasteiger charge is -2.32. The molecule has 1 atom stereocenters. The van der Waals surface area contributed by atoms with Crippen LogP contribution in [-0.4, -0.2) is 4.57 Å². The van der Waals surface area contributed by atoms with Crippen molar-refractivity contribution in [2.45, 2.75) is 12.3 Å². The molecule has 0 saturated carbocycles. The van der Waals surface area contributed by atoms with Gasteiger partial charge in [0.05, 0.1) is 22.4 Å². The first kappa shape index (κ1) is 30.2. The fraction of sp³-hybridized carbons (Fsp3) is 0.0400. The van der Waals surface area contributed by atoms with Crippen LogP contribution in [0.1, 0.15) is 23.5 Å². The zero-order valence-corrected chi connectivity index (χ0v) is 28.7. The Hall–Kier alpha value is -6.64. The normalized spacial score (nSPS) is 14.3. The molecule has 0 spiro atoms. The minimum absolute atomic E-state index is 0.348. The summed E-state index contributed by atoms with van der Waals surface area (Å²) in [4.78, 5) is 2.53. The van der Waals surface area contributed by atoms with E-state index in [-0.39, 0.29) is 0 Å². The number of hydrogen-bond acceptors (Lipinski definition) is 1. The van der Waals surface area contributed by atoms with Gasteiger partial charge >= 0.3 is 0 Å². The summed E-state index contributed by atoms with van der Waals surface area (Å²) >= 11 is 0. The van der Waals surface area contributed by atoms with Gasteiger partial charge in [-0.1, -0.05) is 164 Å². The van der Waals surface area contributed by atoms with E-state index in [1.54, 1.807) is 0 Å². The van der Waals surface area contributed by atoms with Gasteiger partial charge in [-0.15, -0.1) is 0 Å². The Bertz CT molecular complexity index is 2810. The molecule has 0 N–H and O–H groups in total. The van der Waals surface area contributed by atoms with Gasteiger partial charge in [-0.2, -0.15) is 0 Å². The molecule has 0 saturated heterocycles. The van der Waals surface area contributed by atoms with Crippen molar-refractivity contribution in [1.29, 1.82) is 0 Å². The maximum atomic E-state index is 2.53. The van der Waals surface area contributed by atoms with Gasteiger partial charge in [-0.05, 0) is 70.1 Å². The molecule has 2 heteroatoms. The second-order valence-corrected chi connectivity index (χ2v) is 13.6. The highest BCUT2D eigenvalue weighted by Crippen LogP contribution is 2.51. The number of fused-ring (bicyclic) bond motifs is 6. The number of benzene rings is 8. The maximum Gasteiger partial charge on any atom is 0.0782 e. The third kappa shape index (κ3) is 4.87. The van der Waals surface area contributed by atoms with Crippen molar-refractivity contribution >= 4 is 66.0 Å². The standard InChI is InChI=1S/C50H36N2/c1-4-17-35(18-5-1)36-31-33-37(34-32-36)48-43-26-12-10-23-40(43)41-24-11-13-27-44(41)50(48)52(39-21-8-3-9-22-39)47-30-16-28-45-42-25-14-15-29-46(42)51(49(45)47)38-19-6-2-7-20-38/h1-31,33-34,36H,32H2. The number of aromatic nitrogens is 1. The lowest BCUT2D eigenvalue weighted by Crippen LogP contribution is -2.15. The number of allylic oxidation sites excluding steroid dienone is 4. The van der Waals surface area contributed by atoms with E-state index in [1.165, 1.54) is 65.7 Å². The Morgan fingerprint density at radius 1 is 0.481 bits per heavy atom. The molecule has 10 rings (SSSR count). The van der Waals surface area contributed by atoms with Crippen LogP contribution in [0.3, 0.4) is 0 Å². The molecule has 8 aromatic carbocycles. The van der Waals surface area contributed by atoms with Crippen LogP contribution >= 0.6 is 0 Å². The van der Waals surface area contributed by atoms with Gasteiger partial charge in [0.25, 0.3) is 0 Å². The second-order valence-electron chi connectivity index (χ2n) is 13.6. The predicted octanol–water partition coefficient (Wildman–Crippen LogP) is 13.7. The van der Waals surface area contributed by atoms with E-state index in [2.05, 4.69) is 210 Å². The van der Waals surface area contributed by atoms with Gasteiger partial charge in [0.15, 0.2) is 0 Å². The van der Waals surface area contributed by atoms with E-state index in [9.17, 15) is 0 Å². The van der Waals surface area contributed by atoms with Gasteiger partial charge in [-0.25, -0.2) is 0 Å². The molecule has 0 amide bonds. The summed E-state index contributed by atoms with van der Waals surface area (Å²) in [5, 5.41) is 7.45. The molecule has 52 heavy (non-hydrogen) atoms. The summed E-state index contributed by atoms with van der Waals surface area (Å²) in [6.45, 7) is 0. The number of para-hydroxylation sites is 4. The quantitative estimate of drug-likeness (QED) is 0.161. The van der Waals surface area contributed by atoms with Gasteiger partial charge < -0.3 is 9.47 Å². The molecule has 1 aromatic heterocycles. The first-order valence-electron chi connectivity index (χ1n) is 18.1. The molecule has 9 aromatic rings. The molecular weight excluding hydrogens is 629 g/mol. The van der Waals surface area contributed by atoms with Crippen molar-refractivity contribution in [3.63, 3.8) is 0 Å². The van der Waals surface area contributed by atoms with E-state index in [4.69, 9.17) is 0 Å². The van der Waals surface area contributed by atoms with Gasteiger partial charge in [-0.3, -0.25) is 0 Å². The van der Waals surface area contributed by atoms with Crippen LogP contribution in [0, 0.1) is 0 Å². The molecule has 0 aliphatic heterocycles. The van der Waals surface area contributed by atoms with Gasteiger partial charge in [0, 0.05) is 39.0 Å². The molecule has 1 aliphatic carbocycles. The zero-order valence-electron chi connectivity index (χ0n) is 28.7. The van der Waals surface area contributed by atoms with E-state index < -0.39 is 0 Å². The lowest BCUT2D eigenvalue weighted by molar-refractivity contribution is 0.857. The highest BCUT2D eigenvalue weighted by Gasteiger charge is 2.27. The Balaban J connectivity index is 1.33. The number of hydrogen-bond donors (Lipinski definition) is 0. The molecule has 2 nitrogen and oxygen atoms in total. The van der Waals surface area contributed by atoms with Gasteiger partial charge in [0.2, 0.25) is 0 Å². The maximum absolute atomic E-state index is 2.53. The summed E-state index contributed by atoms with van der Waals surface area (Å²) in [6, 6.07) is 66.1. The number of rotatable bonds is 6. The molecule has 1 heterocycles. The van der Waals surface area contributed by atoms with Crippen LogP contribution < -0.4 is 4.90 Å². The van der Waals surface area contributed by atoms with Crippen LogP contribution in [0.25, 0.3) is 54.6 Å². The summed E-state index contributed by atoms with van der Waals surface area (Å²) in [6.07, 6.45) is 8.17. The Morgan fingerprint density at radius 3 is 1.77 bits per heavy atom. The van der Waals surface area contributed by atoms with E-state index >= 15 is 0 Å². The summed E-state index contributed by atoms with van der Waals surface area (Å²) in [5.41, 5.74) is 10.8. The molecule has 0 radical (unpaired) electrons. The van der Waals surface area contributed by atoms with Crippen molar-refractivity contribution in [2.75, 3.05) is 4.90 Å². The van der Waals surface area contributed by atoms with Crippen LogP contribution in [0.2, 0.25) is 0 Å². The van der Waals surface area contributed by atoms with Crippen LogP contribution in [0.4, 0.5) is 17.1 Å². The van der Waals surface area contributed by atoms with Crippen LogP contribution in [0.5, 0.6) is 0 Å². The average Bonchev–Trinajstić information content (AvgIpc) is 3.57.